The van der Waals surface area contributed by atoms with Crippen molar-refractivity contribution in [1.29, 1.82) is 0 Å². The van der Waals surface area contributed by atoms with E-state index in [0.717, 1.165) is 0 Å². The minimum Gasteiger partial charge on any atom is -0.396 e. The number of nitrogens with one attached hydrogen (secondary N) is 1. The van der Waals surface area contributed by atoms with E-state index in [1.807, 2.05) is 13.8 Å². The van der Waals surface area contributed by atoms with E-state index < -0.39 is 0 Å². The molecule has 3 heteroatoms. The fourth-order valence-electron chi connectivity index (χ4n) is 2.46. The Balaban J connectivity index is 2.62. The summed E-state index contributed by atoms with van der Waals surface area (Å²) in [5.74, 6) is 0.632. The van der Waals surface area contributed by atoms with Crippen LogP contribution in [0.25, 0.3) is 0 Å². The molecule has 104 valence electrons. The molecule has 2 N–H and O–H groups in total. The van der Waals surface area contributed by atoms with Gasteiger partial charge in [-0.25, -0.2) is 0 Å². The zero-order chi connectivity index (χ0) is 14.1. The molecule has 3 nitrogen and oxygen atoms in total. The van der Waals surface area contributed by atoms with Gasteiger partial charge in [-0.2, -0.15) is 0 Å². The topological polar surface area (TPSA) is 49.3 Å². The fourth-order valence-corrected chi connectivity index (χ4v) is 2.46. The molecule has 4 unspecified atom stereocenters. The lowest BCUT2D eigenvalue weighted by molar-refractivity contribution is -0.124. The largest absolute Gasteiger partial charge is 0.396 e. The van der Waals surface area contributed by atoms with E-state index in [1.165, 1.54) is 5.57 Å². The van der Waals surface area contributed by atoms with Gasteiger partial charge in [0.1, 0.15) is 0 Å². The number of amides is 1. The Hall–Kier alpha value is -0.830. The van der Waals surface area contributed by atoms with E-state index >= 15 is 0 Å². The number of hydrogen-bond acceptors (Lipinski definition) is 2. The van der Waals surface area contributed by atoms with E-state index in [1.54, 1.807) is 0 Å². The van der Waals surface area contributed by atoms with Gasteiger partial charge in [-0.05, 0) is 38.0 Å². The highest BCUT2D eigenvalue weighted by Crippen LogP contribution is 2.59. The van der Waals surface area contributed by atoms with Crippen LogP contribution < -0.4 is 5.32 Å². The molecule has 1 aliphatic carbocycles. The summed E-state index contributed by atoms with van der Waals surface area (Å²) in [5.41, 5.74) is 1.32. The Morgan fingerprint density at radius 3 is 2.39 bits per heavy atom. The molecule has 0 aliphatic heterocycles. The minimum absolute atomic E-state index is 0.0197. The maximum atomic E-state index is 12.2. The zero-order valence-corrected chi connectivity index (χ0v) is 12.4. The van der Waals surface area contributed by atoms with Crippen molar-refractivity contribution < 1.29 is 9.90 Å². The summed E-state index contributed by atoms with van der Waals surface area (Å²) >= 11 is 0. The Kier molecular flexibility index (Phi) is 4.60. The maximum Gasteiger partial charge on any atom is 0.224 e. The number of aliphatic hydroxyl groups excluding tert-OH is 1. The summed E-state index contributed by atoms with van der Waals surface area (Å²) in [6.07, 6.45) is 2.20. The quantitative estimate of drug-likeness (QED) is 0.739. The molecular formula is C15H27NO2. The highest BCUT2D eigenvalue weighted by atomic mass is 16.3. The smallest absolute Gasteiger partial charge is 0.224 e. The third-order valence-corrected chi connectivity index (χ3v) is 4.22. The third kappa shape index (κ3) is 3.14. The second kappa shape index (κ2) is 5.43. The standard InChI is InChI=1S/C15H27NO2/c1-9(2)7-12-13(15(12,5)6)14(18)16-11(4)10(3)8-17/h7,10-13,17H,8H2,1-6H3,(H,16,18). The van der Waals surface area contributed by atoms with E-state index in [4.69, 9.17) is 5.11 Å². The van der Waals surface area contributed by atoms with Gasteiger partial charge in [-0.3, -0.25) is 4.79 Å². The summed E-state index contributed by atoms with van der Waals surface area (Å²) in [5, 5.41) is 12.1. The number of carbonyl (C=O) groups excluding carboxylic acids is 1. The van der Waals surface area contributed by atoms with Crippen molar-refractivity contribution in [2.45, 2.75) is 47.6 Å². The Bertz CT molecular complexity index is 342. The first-order valence-electron chi connectivity index (χ1n) is 6.78. The van der Waals surface area contributed by atoms with Crippen molar-refractivity contribution in [3.8, 4) is 0 Å². The lowest BCUT2D eigenvalue weighted by Crippen LogP contribution is -2.40. The number of hydrogen-bond donors (Lipinski definition) is 2. The van der Waals surface area contributed by atoms with Gasteiger partial charge in [0.05, 0.1) is 5.92 Å². The number of aliphatic hydroxyl groups is 1. The van der Waals surface area contributed by atoms with E-state index in [2.05, 4.69) is 39.1 Å². The predicted molar refractivity (Wildman–Crippen MR) is 74.0 cm³/mol. The lowest BCUT2D eigenvalue weighted by atomic mass is 10.0. The first-order chi connectivity index (χ1) is 8.21. The molecule has 0 aromatic carbocycles. The molecule has 0 aromatic heterocycles. The summed E-state index contributed by atoms with van der Waals surface area (Å²) in [4.78, 5) is 12.2. The molecule has 4 atom stereocenters. The summed E-state index contributed by atoms with van der Waals surface area (Å²) < 4.78 is 0. The van der Waals surface area contributed by atoms with Crippen LogP contribution in [0.2, 0.25) is 0 Å². The molecule has 0 bridgehead atoms. The number of allylic oxidation sites excluding steroid dienone is 2. The van der Waals surface area contributed by atoms with Crippen LogP contribution in [0.4, 0.5) is 0 Å². The van der Waals surface area contributed by atoms with Crippen LogP contribution in [-0.4, -0.2) is 23.7 Å². The normalized spacial score (nSPS) is 28.2. The highest BCUT2D eigenvalue weighted by molar-refractivity contribution is 5.84. The van der Waals surface area contributed by atoms with Crippen molar-refractivity contribution >= 4 is 5.91 Å². The van der Waals surface area contributed by atoms with Gasteiger partial charge in [-0.15, -0.1) is 0 Å². The van der Waals surface area contributed by atoms with E-state index in [9.17, 15) is 4.79 Å². The molecule has 18 heavy (non-hydrogen) atoms. The van der Waals surface area contributed by atoms with Crippen molar-refractivity contribution in [3.63, 3.8) is 0 Å². The molecule has 1 aliphatic rings. The molecule has 0 spiro atoms. The van der Waals surface area contributed by atoms with Gasteiger partial charge in [0.2, 0.25) is 5.91 Å². The Morgan fingerprint density at radius 1 is 1.39 bits per heavy atom. The molecule has 0 radical (unpaired) electrons. The van der Waals surface area contributed by atoms with Crippen molar-refractivity contribution in [2.24, 2.45) is 23.2 Å². The molecule has 1 rings (SSSR count). The van der Waals surface area contributed by atoms with Crippen LogP contribution in [0, 0.1) is 23.2 Å². The summed E-state index contributed by atoms with van der Waals surface area (Å²) in [6.45, 7) is 12.4. The molecule has 0 aromatic rings. The first kappa shape index (κ1) is 15.2. The minimum atomic E-state index is 0.0197. The SMILES string of the molecule is CC(C)=CC1C(C(=O)NC(C)C(C)CO)C1(C)C. The van der Waals surface area contributed by atoms with Crippen LogP contribution >= 0.6 is 0 Å². The fraction of sp³-hybridized carbons (Fsp3) is 0.800. The van der Waals surface area contributed by atoms with Crippen molar-refractivity contribution in [3.05, 3.63) is 11.6 Å². The highest BCUT2D eigenvalue weighted by Gasteiger charge is 2.60. The van der Waals surface area contributed by atoms with Crippen LogP contribution in [0.1, 0.15) is 41.5 Å². The molecule has 1 saturated carbocycles. The van der Waals surface area contributed by atoms with Crippen LogP contribution in [-0.2, 0) is 4.79 Å². The van der Waals surface area contributed by atoms with Gasteiger partial charge in [0.15, 0.2) is 0 Å². The maximum absolute atomic E-state index is 12.2. The van der Waals surface area contributed by atoms with Gasteiger partial charge in [-0.1, -0.05) is 32.4 Å². The summed E-state index contributed by atoms with van der Waals surface area (Å²) in [7, 11) is 0. The average Bonchev–Trinajstić information content (AvgIpc) is 2.78. The molecule has 0 heterocycles. The Morgan fingerprint density at radius 2 is 1.94 bits per heavy atom. The zero-order valence-electron chi connectivity index (χ0n) is 12.4. The molecular weight excluding hydrogens is 226 g/mol. The second-order valence-electron chi connectivity index (χ2n) is 6.53. The third-order valence-electron chi connectivity index (χ3n) is 4.22. The Labute approximate surface area is 111 Å². The van der Waals surface area contributed by atoms with Gasteiger partial charge < -0.3 is 10.4 Å². The van der Waals surface area contributed by atoms with Crippen molar-refractivity contribution in [1.82, 2.24) is 5.32 Å². The van der Waals surface area contributed by atoms with Crippen LogP contribution in [0.5, 0.6) is 0 Å². The number of carbonyl (C=O) groups is 1. The number of rotatable bonds is 5. The second-order valence-corrected chi connectivity index (χ2v) is 6.53. The van der Waals surface area contributed by atoms with E-state index in [0.29, 0.717) is 5.92 Å². The van der Waals surface area contributed by atoms with Gasteiger partial charge in [0.25, 0.3) is 0 Å². The predicted octanol–water partition coefficient (Wildman–Crippen LogP) is 2.36. The van der Waals surface area contributed by atoms with Crippen molar-refractivity contribution in [2.75, 3.05) is 6.61 Å². The van der Waals surface area contributed by atoms with E-state index in [-0.39, 0.29) is 35.8 Å². The molecule has 1 fully saturated rings. The lowest BCUT2D eigenvalue weighted by Gasteiger charge is -2.19. The first-order valence-corrected chi connectivity index (χ1v) is 6.78. The van der Waals surface area contributed by atoms with Gasteiger partial charge in [0, 0.05) is 12.6 Å². The van der Waals surface area contributed by atoms with Crippen LogP contribution in [0.3, 0.4) is 0 Å². The van der Waals surface area contributed by atoms with Gasteiger partial charge >= 0.3 is 0 Å². The monoisotopic (exact) mass is 253 g/mol. The summed E-state index contributed by atoms with van der Waals surface area (Å²) in [6, 6.07) is 0.0197. The van der Waals surface area contributed by atoms with Crippen LogP contribution in [0.15, 0.2) is 11.6 Å². The average molecular weight is 253 g/mol. The molecule has 0 saturated heterocycles. The molecule has 1 amide bonds.